The number of ether oxygens (including phenoxy) is 1. The number of aryl methyl sites for hydroxylation is 1. The van der Waals surface area contributed by atoms with Gasteiger partial charge in [-0.05, 0) is 32.4 Å². The Hall–Kier alpha value is -1.09. The maximum absolute atomic E-state index is 9.01. The van der Waals surface area contributed by atoms with E-state index in [1.807, 2.05) is 26.0 Å². The number of aliphatic hydroxyl groups excluding tert-OH is 1. The lowest BCUT2D eigenvalue weighted by Gasteiger charge is -2.23. The van der Waals surface area contributed by atoms with Crippen molar-refractivity contribution >= 4 is 0 Å². The van der Waals surface area contributed by atoms with Crippen LogP contribution in [0.15, 0.2) is 18.3 Å². The summed E-state index contributed by atoms with van der Waals surface area (Å²) in [7, 11) is 0. The van der Waals surface area contributed by atoms with Gasteiger partial charge in [0.25, 0.3) is 0 Å². The van der Waals surface area contributed by atoms with Gasteiger partial charge in [-0.25, -0.2) is 0 Å². The summed E-state index contributed by atoms with van der Waals surface area (Å²) in [5.74, 6) is 0.696. The SMILES string of the molecule is CCc1ccc(OC(C)(C)CO)cn1. The van der Waals surface area contributed by atoms with E-state index < -0.39 is 5.60 Å². The van der Waals surface area contributed by atoms with Crippen LogP contribution in [0.1, 0.15) is 26.5 Å². The minimum absolute atomic E-state index is 0.0114. The predicted octanol–water partition coefficient (Wildman–Crippen LogP) is 1.79. The van der Waals surface area contributed by atoms with Crippen molar-refractivity contribution in [3.8, 4) is 5.75 Å². The Bertz CT molecular complexity index is 280. The molecule has 0 radical (unpaired) electrons. The van der Waals surface area contributed by atoms with Gasteiger partial charge in [-0.15, -0.1) is 0 Å². The average molecular weight is 195 g/mol. The molecule has 0 aliphatic carbocycles. The Morgan fingerprint density at radius 3 is 2.57 bits per heavy atom. The highest BCUT2D eigenvalue weighted by Crippen LogP contribution is 2.16. The molecule has 0 unspecified atom stereocenters. The standard InChI is InChI=1S/C11H17NO2/c1-4-9-5-6-10(7-12-9)14-11(2,3)8-13/h5-7,13H,4,8H2,1-3H3. The molecule has 0 atom stereocenters. The lowest BCUT2D eigenvalue weighted by atomic mass is 10.1. The van der Waals surface area contributed by atoms with Crippen LogP contribution >= 0.6 is 0 Å². The molecule has 0 saturated carbocycles. The first-order chi connectivity index (χ1) is 6.57. The van der Waals surface area contributed by atoms with E-state index in [1.54, 1.807) is 6.20 Å². The van der Waals surface area contributed by atoms with E-state index in [0.717, 1.165) is 12.1 Å². The van der Waals surface area contributed by atoms with Crippen molar-refractivity contribution in [2.45, 2.75) is 32.8 Å². The molecule has 0 aliphatic heterocycles. The molecule has 3 nitrogen and oxygen atoms in total. The van der Waals surface area contributed by atoms with E-state index in [2.05, 4.69) is 11.9 Å². The maximum Gasteiger partial charge on any atom is 0.138 e. The van der Waals surface area contributed by atoms with Crippen molar-refractivity contribution in [2.24, 2.45) is 0 Å². The largest absolute Gasteiger partial charge is 0.484 e. The fourth-order valence-corrected chi connectivity index (χ4v) is 1.03. The van der Waals surface area contributed by atoms with Crippen LogP contribution in [-0.4, -0.2) is 22.3 Å². The van der Waals surface area contributed by atoms with Crippen LogP contribution in [0.4, 0.5) is 0 Å². The van der Waals surface area contributed by atoms with Gasteiger partial charge in [-0.1, -0.05) is 6.92 Å². The van der Waals surface area contributed by atoms with Gasteiger partial charge in [0, 0.05) is 5.69 Å². The maximum atomic E-state index is 9.01. The van der Waals surface area contributed by atoms with Crippen LogP contribution in [0.25, 0.3) is 0 Å². The summed E-state index contributed by atoms with van der Waals surface area (Å²) < 4.78 is 5.54. The minimum atomic E-state index is -0.546. The third-order valence-corrected chi connectivity index (χ3v) is 1.93. The Kier molecular flexibility index (Phi) is 3.47. The Morgan fingerprint density at radius 1 is 1.43 bits per heavy atom. The Balaban J connectivity index is 2.69. The average Bonchev–Trinajstić information content (AvgIpc) is 2.19. The molecule has 1 aromatic rings. The summed E-state index contributed by atoms with van der Waals surface area (Å²) >= 11 is 0. The van der Waals surface area contributed by atoms with Crippen molar-refractivity contribution in [1.29, 1.82) is 0 Å². The highest BCUT2D eigenvalue weighted by atomic mass is 16.5. The third-order valence-electron chi connectivity index (χ3n) is 1.93. The van der Waals surface area contributed by atoms with Crippen LogP contribution in [0.3, 0.4) is 0 Å². The molecule has 1 rings (SSSR count). The summed E-state index contributed by atoms with van der Waals surface area (Å²) in [6.07, 6.45) is 2.61. The van der Waals surface area contributed by atoms with Crippen LogP contribution in [0.2, 0.25) is 0 Å². The fraction of sp³-hybridized carbons (Fsp3) is 0.545. The van der Waals surface area contributed by atoms with Crippen molar-refractivity contribution < 1.29 is 9.84 Å². The van der Waals surface area contributed by atoms with Crippen LogP contribution in [0.5, 0.6) is 5.75 Å². The van der Waals surface area contributed by atoms with Gasteiger partial charge >= 0.3 is 0 Å². The zero-order chi connectivity index (χ0) is 10.6. The second-order valence-corrected chi connectivity index (χ2v) is 3.86. The van der Waals surface area contributed by atoms with Gasteiger partial charge in [-0.2, -0.15) is 0 Å². The number of hydrogen-bond acceptors (Lipinski definition) is 3. The lowest BCUT2D eigenvalue weighted by Crippen LogP contribution is -2.32. The monoisotopic (exact) mass is 195 g/mol. The molecule has 78 valence electrons. The smallest absolute Gasteiger partial charge is 0.138 e. The fourth-order valence-electron chi connectivity index (χ4n) is 1.03. The first-order valence-electron chi connectivity index (χ1n) is 4.82. The second-order valence-electron chi connectivity index (χ2n) is 3.86. The number of nitrogens with zero attached hydrogens (tertiary/aromatic N) is 1. The number of aliphatic hydroxyl groups is 1. The molecule has 1 aromatic heterocycles. The normalized spacial score (nSPS) is 11.4. The molecule has 0 aromatic carbocycles. The van der Waals surface area contributed by atoms with Crippen molar-refractivity contribution in [1.82, 2.24) is 4.98 Å². The zero-order valence-corrected chi connectivity index (χ0v) is 8.95. The predicted molar refractivity (Wildman–Crippen MR) is 55.4 cm³/mol. The summed E-state index contributed by atoms with van der Waals surface area (Å²) in [6, 6.07) is 3.81. The molecule has 3 heteroatoms. The van der Waals surface area contributed by atoms with E-state index in [1.165, 1.54) is 0 Å². The number of rotatable bonds is 4. The van der Waals surface area contributed by atoms with E-state index in [4.69, 9.17) is 9.84 Å². The topological polar surface area (TPSA) is 42.4 Å². The van der Waals surface area contributed by atoms with Gasteiger partial charge in [0.2, 0.25) is 0 Å². The molecule has 0 saturated heterocycles. The number of pyridine rings is 1. The molecular weight excluding hydrogens is 178 g/mol. The molecule has 1 N–H and O–H groups in total. The Morgan fingerprint density at radius 2 is 2.14 bits per heavy atom. The number of hydrogen-bond donors (Lipinski definition) is 1. The van der Waals surface area contributed by atoms with Gasteiger partial charge in [0.05, 0.1) is 12.8 Å². The first-order valence-corrected chi connectivity index (χ1v) is 4.82. The highest BCUT2D eigenvalue weighted by molar-refractivity contribution is 5.20. The minimum Gasteiger partial charge on any atom is -0.484 e. The van der Waals surface area contributed by atoms with Crippen LogP contribution in [-0.2, 0) is 6.42 Å². The second kappa shape index (κ2) is 4.42. The van der Waals surface area contributed by atoms with E-state index >= 15 is 0 Å². The van der Waals surface area contributed by atoms with Gasteiger partial charge in [-0.3, -0.25) is 4.98 Å². The first kappa shape index (κ1) is 11.0. The highest BCUT2D eigenvalue weighted by Gasteiger charge is 2.18. The summed E-state index contributed by atoms with van der Waals surface area (Å²) in [4.78, 5) is 4.21. The van der Waals surface area contributed by atoms with Gasteiger partial charge < -0.3 is 9.84 Å². The van der Waals surface area contributed by atoms with E-state index in [0.29, 0.717) is 5.75 Å². The molecular formula is C11H17NO2. The quantitative estimate of drug-likeness (QED) is 0.796. The Labute approximate surface area is 84.7 Å². The van der Waals surface area contributed by atoms with Crippen molar-refractivity contribution in [3.05, 3.63) is 24.0 Å². The number of aromatic nitrogens is 1. The lowest BCUT2D eigenvalue weighted by molar-refractivity contribution is 0.0409. The molecule has 0 spiro atoms. The zero-order valence-electron chi connectivity index (χ0n) is 8.95. The summed E-state index contributed by atoms with van der Waals surface area (Å²) in [6.45, 7) is 5.71. The van der Waals surface area contributed by atoms with Crippen molar-refractivity contribution in [3.63, 3.8) is 0 Å². The van der Waals surface area contributed by atoms with E-state index in [9.17, 15) is 0 Å². The van der Waals surface area contributed by atoms with Gasteiger partial charge in [0.15, 0.2) is 0 Å². The van der Waals surface area contributed by atoms with Crippen LogP contribution in [0, 0.1) is 0 Å². The molecule has 1 heterocycles. The summed E-state index contributed by atoms with van der Waals surface area (Å²) in [5, 5.41) is 9.01. The summed E-state index contributed by atoms with van der Waals surface area (Å²) in [5.41, 5.74) is 0.495. The molecule has 0 fully saturated rings. The van der Waals surface area contributed by atoms with E-state index in [-0.39, 0.29) is 6.61 Å². The van der Waals surface area contributed by atoms with Crippen LogP contribution < -0.4 is 4.74 Å². The molecule has 14 heavy (non-hydrogen) atoms. The van der Waals surface area contributed by atoms with Gasteiger partial charge in [0.1, 0.15) is 11.4 Å². The van der Waals surface area contributed by atoms with Crippen molar-refractivity contribution in [2.75, 3.05) is 6.61 Å². The third kappa shape index (κ3) is 3.00. The molecule has 0 amide bonds. The molecule has 0 aliphatic rings. The molecule has 0 bridgehead atoms.